The van der Waals surface area contributed by atoms with Crippen LogP contribution in [0, 0.1) is 0 Å². The molecule has 18 heavy (non-hydrogen) atoms. The molecule has 0 spiro atoms. The molecule has 0 bridgehead atoms. The summed E-state index contributed by atoms with van der Waals surface area (Å²) < 4.78 is 10.5. The molecular formula is C12H17ClN2O3. The normalized spacial score (nSPS) is 17.9. The molecule has 0 radical (unpaired) electrons. The van der Waals surface area contributed by atoms with Crippen molar-refractivity contribution in [2.24, 2.45) is 10.9 Å². The van der Waals surface area contributed by atoms with Crippen molar-refractivity contribution in [3.63, 3.8) is 0 Å². The summed E-state index contributed by atoms with van der Waals surface area (Å²) in [6.07, 6.45) is 1.75. The smallest absolute Gasteiger partial charge is 0.161 e. The summed E-state index contributed by atoms with van der Waals surface area (Å²) in [4.78, 5) is 0. The Balaban J connectivity index is 0.00000162. The third-order valence-electron chi connectivity index (χ3n) is 3.20. The number of fused-ring (bicyclic) bond motifs is 1. The molecule has 0 aliphatic heterocycles. The Hall–Kier alpha value is -1.62. The summed E-state index contributed by atoms with van der Waals surface area (Å²) in [5.74, 6) is 1.60. The molecule has 100 valence electrons. The molecule has 0 saturated heterocycles. The zero-order valence-electron chi connectivity index (χ0n) is 10.3. The van der Waals surface area contributed by atoms with E-state index in [0.29, 0.717) is 11.5 Å². The van der Waals surface area contributed by atoms with Crippen molar-refractivity contribution in [2.75, 3.05) is 14.2 Å². The maximum atomic E-state index is 8.76. The van der Waals surface area contributed by atoms with Crippen LogP contribution in [0.15, 0.2) is 17.3 Å². The monoisotopic (exact) mass is 272 g/mol. The predicted molar refractivity (Wildman–Crippen MR) is 71.3 cm³/mol. The first-order valence-electron chi connectivity index (χ1n) is 5.43. The van der Waals surface area contributed by atoms with Gasteiger partial charge in [-0.2, -0.15) is 0 Å². The molecule has 0 aromatic heterocycles. The van der Waals surface area contributed by atoms with Crippen molar-refractivity contribution < 1.29 is 14.7 Å². The predicted octanol–water partition coefficient (Wildman–Crippen LogP) is 1.90. The lowest BCUT2D eigenvalue weighted by molar-refractivity contribution is 0.315. The van der Waals surface area contributed by atoms with E-state index in [1.54, 1.807) is 14.2 Å². The highest BCUT2D eigenvalue weighted by molar-refractivity contribution is 5.88. The van der Waals surface area contributed by atoms with Crippen LogP contribution in [0.2, 0.25) is 0 Å². The van der Waals surface area contributed by atoms with Gasteiger partial charge in [-0.05, 0) is 36.1 Å². The number of rotatable bonds is 3. The molecule has 6 heteroatoms. The van der Waals surface area contributed by atoms with Gasteiger partial charge in [-0.25, -0.2) is 0 Å². The largest absolute Gasteiger partial charge is 0.493 e. The molecule has 0 fully saturated rings. The molecule has 2 rings (SSSR count). The Labute approximate surface area is 112 Å². The lowest BCUT2D eigenvalue weighted by Crippen LogP contribution is -2.20. The third kappa shape index (κ3) is 2.31. The maximum absolute atomic E-state index is 8.76. The van der Waals surface area contributed by atoms with E-state index in [-0.39, 0.29) is 24.2 Å². The van der Waals surface area contributed by atoms with Crippen LogP contribution >= 0.6 is 12.4 Å². The van der Waals surface area contributed by atoms with Crippen molar-refractivity contribution in [1.82, 2.24) is 0 Å². The first-order chi connectivity index (χ1) is 8.21. The fourth-order valence-electron chi connectivity index (χ4n) is 2.31. The molecule has 1 atom stereocenters. The molecule has 1 aromatic carbocycles. The number of benzene rings is 1. The number of hydrogen-bond acceptors (Lipinski definition) is 4. The summed E-state index contributed by atoms with van der Waals surface area (Å²) in [7, 11) is 3.21. The SMILES string of the molecule is COc1cc2c(cc1OC)C(/C(N)=N/O)CC2.Cl. The van der Waals surface area contributed by atoms with Gasteiger partial charge >= 0.3 is 0 Å². The average Bonchev–Trinajstić information content (AvgIpc) is 2.78. The number of halogens is 1. The van der Waals surface area contributed by atoms with Gasteiger partial charge in [-0.1, -0.05) is 5.16 Å². The van der Waals surface area contributed by atoms with Crippen LogP contribution < -0.4 is 15.2 Å². The highest BCUT2D eigenvalue weighted by Gasteiger charge is 2.27. The molecule has 1 aliphatic carbocycles. The van der Waals surface area contributed by atoms with Crippen LogP contribution in [0.1, 0.15) is 23.5 Å². The highest BCUT2D eigenvalue weighted by atomic mass is 35.5. The topological polar surface area (TPSA) is 77.1 Å². The number of hydrogen-bond donors (Lipinski definition) is 2. The number of amidine groups is 1. The van der Waals surface area contributed by atoms with Gasteiger partial charge in [0.1, 0.15) is 5.84 Å². The van der Waals surface area contributed by atoms with Gasteiger partial charge < -0.3 is 20.4 Å². The van der Waals surface area contributed by atoms with E-state index >= 15 is 0 Å². The van der Waals surface area contributed by atoms with Crippen molar-refractivity contribution in [2.45, 2.75) is 18.8 Å². The zero-order valence-corrected chi connectivity index (χ0v) is 11.2. The van der Waals surface area contributed by atoms with E-state index in [1.807, 2.05) is 12.1 Å². The Morgan fingerprint density at radius 2 is 1.94 bits per heavy atom. The Morgan fingerprint density at radius 3 is 2.50 bits per heavy atom. The average molecular weight is 273 g/mol. The maximum Gasteiger partial charge on any atom is 0.161 e. The van der Waals surface area contributed by atoms with Crippen molar-refractivity contribution in [1.29, 1.82) is 0 Å². The standard InChI is InChI=1S/C12H16N2O3.ClH/c1-16-10-5-7-3-4-8(12(13)14-15)9(7)6-11(10)17-2;/h5-6,8,15H,3-4H2,1-2H3,(H2,13,14);1H. The van der Waals surface area contributed by atoms with Crippen molar-refractivity contribution >= 4 is 18.2 Å². The molecule has 1 aliphatic rings. The fourth-order valence-corrected chi connectivity index (χ4v) is 2.31. The van der Waals surface area contributed by atoms with E-state index in [1.165, 1.54) is 5.56 Å². The van der Waals surface area contributed by atoms with Crippen LogP contribution in [0.25, 0.3) is 0 Å². The van der Waals surface area contributed by atoms with E-state index in [9.17, 15) is 0 Å². The van der Waals surface area contributed by atoms with E-state index in [2.05, 4.69) is 5.16 Å². The molecule has 0 heterocycles. The minimum atomic E-state index is -0.0326. The number of ether oxygens (including phenoxy) is 2. The number of aryl methyl sites for hydroxylation is 1. The van der Waals surface area contributed by atoms with Crippen LogP contribution in [0.4, 0.5) is 0 Å². The molecule has 1 aromatic rings. The minimum Gasteiger partial charge on any atom is -0.493 e. The quantitative estimate of drug-likeness (QED) is 0.381. The van der Waals surface area contributed by atoms with E-state index < -0.39 is 0 Å². The van der Waals surface area contributed by atoms with Gasteiger partial charge in [0.15, 0.2) is 11.5 Å². The third-order valence-corrected chi connectivity index (χ3v) is 3.20. The molecule has 0 amide bonds. The van der Waals surface area contributed by atoms with Crippen LogP contribution in [-0.4, -0.2) is 25.3 Å². The van der Waals surface area contributed by atoms with Gasteiger partial charge in [0.25, 0.3) is 0 Å². The first-order valence-corrected chi connectivity index (χ1v) is 5.43. The summed E-state index contributed by atoms with van der Waals surface area (Å²) in [5, 5.41) is 11.8. The van der Waals surface area contributed by atoms with Crippen LogP contribution in [0.3, 0.4) is 0 Å². The van der Waals surface area contributed by atoms with Crippen molar-refractivity contribution in [3.05, 3.63) is 23.3 Å². The number of methoxy groups -OCH3 is 2. The Bertz CT molecular complexity index is 463. The number of nitrogens with two attached hydrogens (primary N) is 1. The molecular weight excluding hydrogens is 256 g/mol. The van der Waals surface area contributed by atoms with Crippen molar-refractivity contribution in [3.8, 4) is 11.5 Å². The van der Waals surface area contributed by atoms with E-state index in [4.69, 9.17) is 20.4 Å². The summed E-state index contributed by atoms with van der Waals surface area (Å²) >= 11 is 0. The van der Waals surface area contributed by atoms with Gasteiger partial charge in [0, 0.05) is 5.92 Å². The second kappa shape index (κ2) is 5.82. The van der Waals surface area contributed by atoms with E-state index in [0.717, 1.165) is 18.4 Å². The summed E-state index contributed by atoms with van der Waals surface area (Å²) in [6.45, 7) is 0. The minimum absolute atomic E-state index is 0. The zero-order chi connectivity index (χ0) is 12.4. The summed E-state index contributed by atoms with van der Waals surface area (Å²) in [5.41, 5.74) is 7.90. The second-order valence-electron chi connectivity index (χ2n) is 4.02. The number of nitrogens with zero attached hydrogens (tertiary/aromatic N) is 1. The van der Waals surface area contributed by atoms with Crippen LogP contribution in [0.5, 0.6) is 11.5 Å². The Kier molecular flexibility index (Phi) is 4.67. The molecule has 0 saturated carbocycles. The molecule has 3 N–H and O–H groups in total. The van der Waals surface area contributed by atoms with Gasteiger partial charge in [0.05, 0.1) is 14.2 Å². The summed E-state index contributed by atoms with van der Waals surface area (Å²) in [6, 6.07) is 3.86. The van der Waals surface area contributed by atoms with Gasteiger partial charge in [0.2, 0.25) is 0 Å². The second-order valence-corrected chi connectivity index (χ2v) is 4.02. The van der Waals surface area contributed by atoms with Gasteiger partial charge in [-0.3, -0.25) is 0 Å². The molecule has 5 nitrogen and oxygen atoms in total. The lowest BCUT2D eigenvalue weighted by atomic mass is 10.00. The lowest BCUT2D eigenvalue weighted by Gasteiger charge is -2.13. The first kappa shape index (κ1) is 14.4. The van der Waals surface area contributed by atoms with Gasteiger partial charge in [-0.15, -0.1) is 12.4 Å². The fraction of sp³-hybridized carbons (Fsp3) is 0.417. The highest BCUT2D eigenvalue weighted by Crippen LogP contribution is 2.40. The van der Waals surface area contributed by atoms with Crippen LogP contribution in [-0.2, 0) is 6.42 Å². The number of oxime groups is 1. The Morgan fingerprint density at radius 1 is 1.33 bits per heavy atom. The molecule has 1 unspecified atom stereocenters.